The first-order valence-corrected chi connectivity index (χ1v) is 16.5. The van der Waals surface area contributed by atoms with Crippen LogP contribution in [0.15, 0.2) is 78.2 Å². The van der Waals surface area contributed by atoms with Gasteiger partial charge in [0.15, 0.2) is 0 Å². The van der Waals surface area contributed by atoms with Crippen LogP contribution in [0.5, 0.6) is 11.5 Å². The molecule has 0 radical (unpaired) electrons. The molecular formula is C36H42N4O5S. The van der Waals surface area contributed by atoms with Gasteiger partial charge in [-0.25, -0.2) is 4.98 Å². The molecule has 2 heterocycles. The van der Waals surface area contributed by atoms with Crippen LogP contribution in [0, 0.1) is 6.92 Å². The lowest BCUT2D eigenvalue weighted by Gasteiger charge is -2.27. The zero-order valence-corrected chi connectivity index (χ0v) is 27.5. The van der Waals surface area contributed by atoms with E-state index in [1.54, 1.807) is 36.6 Å². The second-order valence-corrected chi connectivity index (χ2v) is 12.6. The number of likely N-dealkylation sites (tertiary alicyclic amines) is 1. The first-order valence-electron chi connectivity index (χ1n) is 15.6. The van der Waals surface area contributed by atoms with Crippen LogP contribution < -0.4 is 20.1 Å². The highest BCUT2D eigenvalue weighted by atomic mass is 32.1. The molecule has 3 aromatic carbocycles. The van der Waals surface area contributed by atoms with E-state index in [9.17, 15) is 14.7 Å². The van der Waals surface area contributed by atoms with Crippen LogP contribution in [-0.2, 0) is 6.42 Å². The Morgan fingerprint density at radius 2 is 1.78 bits per heavy atom. The third-order valence-electron chi connectivity index (χ3n) is 8.39. The van der Waals surface area contributed by atoms with E-state index < -0.39 is 18.1 Å². The summed E-state index contributed by atoms with van der Waals surface area (Å²) in [4.78, 5) is 34.1. The number of benzene rings is 3. The lowest BCUT2D eigenvalue weighted by atomic mass is 9.99. The number of aromatic nitrogens is 1. The summed E-state index contributed by atoms with van der Waals surface area (Å²) >= 11 is 1.57. The summed E-state index contributed by atoms with van der Waals surface area (Å²) in [5, 5.41) is 20.8. The van der Waals surface area contributed by atoms with E-state index in [-0.39, 0.29) is 30.1 Å². The number of ether oxygens (including phenoxy) is 2. The Labute approximate surface area is 274 Å². The van der Waals surface area contributed by atoms with Crippen molar-refractivity contribution in [3.8, 4) is 11.5 Å². The van der Waals surface area contributed by atoms with Crippen molar-refractivity contribution < 1.29 is 24.2 Å². The maximum Gasteiger partial charge on any atom is 0.254 e. The number of aryl methyl sites for hydroxylation is 1. The SMILES string of the molecule is COc1cc(C(=O)N[C@@H](Cc2ccccc2)[C@H](O)CN[C@@H](C)c2cccc(OC)c2)cc(C(=O)N2CCC[C@@H]2c2nc(C)cs2)c1. The average molecular weight is 643 g/mol. The first kappa shape index (κ1) is 33.1. The molecule has 0 bridgehead atoms. The van der Waals surface area contributed by atoms with E-state index >= 15 is 0 Å². The Morgan fingerprint density at radius 1 is 1.02 bits per heavy atom. The van der Waals surface area contributed by atoms with Crippen LogP contribution in [0.25, 0.3) is 0 Å². The van der Waals surface area contributed by atoms with Gasteiger partial charge in [-0.05, 0) is 74.6 Å². The Bertz CT molecular complexity index is 1630. The van der Waals surface area contributed by atoms with Gasteiger partial charge >= 0.3 is 0 Å². The summed E-state index contributed by atoms with van der Waals surface area (Å²) in [6, 6.07) is 21.6. The molecule has 46 heavy (non-hydrogen) atoms. The molecule has 0 saturated carbocycles. The maximum absolute atomic E-state index is 13.8. The summed E-state index contributed by atoms with van der Waals surface area (Å²) in [5.41, 5.74) is 3.60. The zero-order chi connectivity index (χ0) is 32.6. The zero-order valence-electron chi connectivity index (χ0n) is 26.7. The van der Waals surface area contributed by atoms with Gasteiger partial charge in [-0.15, -0.1) is 11.3 Å². The molecule has 3 N–H and O–H groups in total. The molecule has 242 valence electrons. The van der Waals surface area contributed by atoms with E-state index in [1.165, 1.54) is 7.11 Å². The number of aliphatic hydroxyl groups is 1. The molecule has 2 amide bonds. The van der Waals surface area contributed by atoms with Crippen LogP contribution in [0.1, 0.15) is 74.4 Å². The van der Waals surface area contributed by atoms with Crippen LogP contribution in [0.2, 0.25) is 0 Å². The topological polar surface area (TPSA) is 113 Å². The van der Waals surface area contributed by atoms with Crippen molar-refractivity contribution in [3.05, 3.63) is 111 Å². The monoisotopic (exact) mass is 642 g/mol. The van der Waals surface area contributed by atoms with Crippen LogP contribution >= 0.6 is 11.3 Å². The van der Waals surface area contributed by atoms with E-state index in [2.05, 4.69) is 15.6 Å². The summed E-state index contributed by atoms with van der Waals surface area (Å²) in [5.74, 6) is 0.601. The largest absolute Gasteiger partial charge is 0.497 e. The third-order valence-corrected chi connectivity index (χ3v) is 9.46. The number of carbonyl (C=O) groups is 2. The van der Waals surface area contributed by atoms with Gasteiger partial charge in [0.25, 0.3) is 11.8 Å². The second-order valence-electron chi connectivity index (χ2n) is 11.7. The van der Waals surface area contributed by atoms with E-state index in [4.69, 9.17) is 9.47 Å². The van der Waals surface area contributed by atoms with Crippen molar-refractivity contribution in [2.24, 2.45) is 0 Å². The second kappa shape index (κ2) is 15.4. The van der Waals surface area contributed by atoms with Crippen LogP contribution in [0.3, 0.4) is 0 Å². The molecule has 1 aliphatic heterocycles. The Morgan fingerprint density at radius 3 is 2.50 bits per heavy atom. The first-order chi connectivity index (χ1) is 22.2. The Hall–Kier alpha value is -4.25. The van der Waals surface area contributed by atoms with Crippen molar-refractivity contribution in [1.29, 1.82) is 0 Å². The minimum absolute atomic E-state index is 0.0625. The minimum atomic E-state index is -0.906. The molecule has 5 rings (SSSR count). The molecule has 1 saturated heterocycles. The maximum atomic E-state index is 13.8. The average Bonchev–Trinajstić information content (AvgIpc) is 3.75. The van der Waals surface area contributed by atoms with E-state index in [0.29, 0.717) is 24.3 Å². The fourth-order valence-electron chi connectivity index (χ4n) is 5.80. The van der Waals surface area contributed by atoms with Crippen molar-refractivity contribution in [3.63, 3.8) is 0 Å². The van der Waals surface area contributed by atoms with Gasteiger partial charge in [0.05, 0.1) is 32.4 Å². The number of hydrogen-bond donors (Lipinski definition) is 3. The number of aliphatic hydroxyl groups excluding tert-OH is 1. The lowest BCUT2D eigenvalue weighted by molar-refractivity contribution is 0.0735. The van der Waals surface area contributed by atoms with Gasteiger partial charge < -0.3 is 30.1 Å². The number of nitrogens with one attached hydrogen (secondary N) is 2. The summed E-state index contributed by atoms with van der Waals surface area (Å²) in [7, 11) is 3.14. The summed E-state index contributed by atoms with van der Waals surface area (Å²) in [6.07, 6.45) is 1.24. The molecular weight excluding hydrogens is 600 g/mol. The predicted molar refractivity (Wildman–Crippen MR) is 180 cm³/mol. The minimum Gasteiger partial charge on any atom is -0.497 e. The molecule has 0 unspecified atom stereocenters. The Kier molecular flexibility index (Phi) is 11.1. The standard InChI is InChI=1S/C36H42N4O5S/c1-23-22-46-35(38-23)32-14-9-15-40(32)36(43)28-17-27(19-30(20-28)45-4)34(42)39-31(16-25-10-6-5-7-11-25)33(41)21-37-24(2)26-12-8-13-29(18-26)44-3/h5-8,10-13,17-20,22,24,31-33,37,41H,9,14-16,21H2,1-4H3,(H,39,42)/t24-,31-,32+,33+/m0/s1. The van der Waals surface area contributed by atoms with Crippen molar-refractivity contribution in [2.75, 3.05) is 27.3 Å². The van der Waals surface area contributed by atoms with Crippen molar-refractivity contribution in [1.82, 2.24) is 20.5 Å². The quantitative estimate of drug-likeness (QED) is 0.177. The molecule has 0 spiro atoms. The lowest BCUT2D eigenvalue weighted by Crippen LogP contribution is -2.49. The summed E-state index contributed by atoms with van der Waals surface area (Å²) in [6.45, 7) is 4.83. The number of carbonyl (C=O) groups excluding carboxylic acids is 2. The third kappa shape index (κ3) is 8.12. The Balaban J connectivity index is 1.33. The van der Waals surface area contributed by atoms with Gasteiger partial charge in [0.1, 0.15) is 16.5 Å². The number of hydrogen-bond acceptors (Lipinski definition) is 8. The number of methoxy groups -OCH3 is 2. The molecule has 1 aliphatic rings. The van der Waals surface area contributed by atoms with Gasteiger partial charge in [-0.3, -0.25) is 9.59 Å². The molecule has 1 fully saturated rings. The molecule has 9 nitrogen and oxygen atoms in total. The fraction of sp³-hybridized carbons (Fsp3) is 0.361. The predicted octanol–water partition coefficient (Wildman–Crippen LogP) is 5.50. The fourth-order valence-corrected chi connectivity index (χ4v) is 6.74. The number of nitrogens with zero attached hydrogens (tertiary/aromatic N) is 2. The smallest absolute Gasteiger partial charge is 0.254 e. The van der Waals surface area contributed by atoms with Crippen molar-refractivity contribution >= 4 is 23.2 Å². The van der Waals surface area contributed by atoms with Crippen molar-refractivity contribution in [2.45, 2.75) is 57.3 Å². The summed E-state index contributed by atoms with van der Waals surface area (Å²) < 4.78 is 10.9. The molecule has 0 aliphatic carbocycles. The molecule has 10 heteroatoms. The van der Waals surface area contributed by atoms with Gasteiger partial charge in [-0.1, -0.05) is 42.5 Å². The molecule has 4 aromatic rings. The highest BCUT2D eigenvalue weighted by Gasteiger charge is 2.33. The van der Waals surface area contributed by atoms with Gasteiger partial charge in [0, 0.05) is 41.3 Å². The van der Waals surface area contributed by atoms with Gasteiger partial charge in [-0.2, -0.15) is 0 Å². The van der Waals surface area contributed by atoms with E-state index in [1.807, 2.05) is 78.7 Å². The highest BCUT2D eigenvalue weighted by molar-refractivity contribution is 7.09. The number of rotatable bonds is 13. The highest BCUT2D eigenvalue weighted by Crippen LogP contribution is 2.35. The molecule has 1 aromatic heterocycles. The number of thiazole rings is 1. The molecule has 4 atom stereocenters. The van der Waals surface area contributed by atoms with Crippen LogP contribution in [-0.4, -0.2) is 66.3 Å². The normalized spacial score (nSPS) is 16.5. The van der Waals surface area contributed by atoms with Crippen LogP contribution in [0.4, 0.5) is 0 Å². The van der Waals surface area contributed by atoms with E-state index in [0.717, 1.165) is 40.4 Å². The number of amides is 2. The van der Waals surface area contributed by atoms with Gasteiger partial charge in [0.2, 0.25) is 0 Å².